The Kier molecular flexibility index (Phi) is 19.3. The second-order valence-electron chi connectivity index (χ2n) is 6.71. The van der Waals surface area contributed by atoms with Crippen molar-refractivity contribution in [3.63, 3.8) is 0 Å². The van der Waals surface area contributed by atoms with Crippen molar-refractivity contribution in [1.82, 2.24) is 16.0 Å². The minimum Gasteiger partial charge on any atom is -0.377 e. The van der Waals surface area contributed by atoms with E-state index in [0.717, 1.165) is 13.0 Å². The fourth-order valence-corrected chi connectivity index (χ4v) is 2.08. The summed E-state index contributed by atoms with van der Waals surface area (Å²) in [6.45, 7) is 7.50. The molecule has 0 aliphatic heterocycles. The topological polar surface area (TPSA) is 150 Å². The molecule has 0 fully saturated rings. The highest BCUT2D eigenvalue weighted by Gasteiger charge is 2.02. The molecule has 0 heterocycles. The number of rotatable bonds is 21. The van der Waals surface area contributed by atoms with Crippen LogP contribution in [0.15, 0.2) is 0 Å². The molecule has 0 aromatic rings. The zero-order valence-electron chi connectivity index (χ0n) is 18.2. The monoisotopic (exact) mass is 434 g/mol. The first kappa shape index (κ1) is 28.2. The summed E-state index contributed by atoms with van der Waals surface area (Å²) in [5, 5.41) is 8.70. The molecule has 30 heavy (non-hydrogen) atoms. The van der Waals surface area contributed by atoms with E-state index < -0.39 is 5.91 Å². The molecule has 0 unspecified atom stereocenters. The molecule has 3 amide bonds. The van der Waals surface area contributed by atoms with Gasteiger partial charge in [-0.05, 0) is 13.0 Å². The highest BCUT2D eigenvalue weighted by molar-refractivity contribution is 5.77. The molecule has 0 aromatic carbocycles. The number of nitrogens with two attached hydrogens (primary N) is 1. The molecular weight excluding hydrogens is 396 g/mol. The second kappa shape index (κ2) is 20.5. The van der Waals surface area contributed by atoms with Crippen LogP contribution in [0.2, 0.25) is 0 Å². The van der Waals surface area contributed by atoms with E-state index in [1.807, 2.05) is 0 Å². The average molecular weight is 435 g/mol. The zero-order chi connectivity index (χ0) is 22.5. The summed E-state index contributed by atoms with van der Waals surface area (Å²) in [7, 11) is 0. The van der Waals surface area contributed by atoms with E-state index in [9.17, 15) is 14.4 Å². The highest BCUT2D eigenvalue weighted by atomic mass is 16.5. The minimum absolute atomic E-state index is 0.0132. The third-order valence-electron chi connectivity index (χ3n) is 3.49. The van der Waals surface area contributed by atoms with E-state index in [2.05, 4.69) is 29.8 Å². The molecule has 0 aliphatic carbocycles. The van der Waals surface area contributed by atoms with E-state index in [1.165, 1.54) is 0 Å². The number of amides is 3. The highest BCUT2D eigenvalue weighted by Crippen LogP contribution is 1.88. The van der Waals surface area contributed by atoms with Gasteiger partial charge in [0.05, 0.1) is 39.6 Å². The molecule has 176 valence electrons. The first-order chi connectivity index (χ1) is 14.4. The second-order valence-corrected chi connectivity index (χ2v) is 6.71. The zero-order valence-corrected chi connectivity index (χ0v) is 18.2. The summed E-state index contributed by atoms with van der Waals surface area (Å²) in [5.74, 6) is -0.762. The Morgan fingerprint density at radius 2 is 1.27 bits per heavy atom. The molecule has 0 spiro atoms. The van der Waals surface area contributed by atoms with Crippen LogP contribution in [-0.2, 0) is 33.3 Å². The van der Waals surface area contributed by atoms with Crippen LogP contribution in [0.25, 0.3) is 0 Å². The Labute approximate surface area is 178 Å². The lowest BCUT2D eigenvalue weighted by Crippen LogP contribution is -2.31. The molecule has 0 radical (unpaired) electrons. The Bertz CT molecular complexity index is 464. The standard InChI is InChI=1S/C19H38N4O7/c1-16(2)21-5-3-4-18(25)22-6-8-27-11-13-30-15-19(26)23-7-9-28-10-12-29-14-17(20)24/h16,21H,3-15H2,1-2H3,(H2,20,24)(H,22,25)(H,23,26). The number of ether oxygens (including phenoxy) is 4. The maximum absolute atomic E-state index is 11.6. The van der Waals surface area contributed by atoms with Crippen LogP contribution in [0.5, 0.6) is 0 Å². The van der Waals surface area contributed by atoms with Crippen molar-refractivity contribution in [2.45, 2.75) is 32.7 Å². The minimum atomic E-state index is -0.528. The Hall–Kier alpha value is -1.79. The van der Waals surface area contributed by atoms with Crippen molar-refractivity contribution in [2.24, 2.45) is 5.73 Å². The van der Waals surface area contributed by atoms with Gasteiger partial charge in [-0.15, -0.1) is 0 Å². The van der Waals surface area contributed by atoms with E-state index in [0.29, 0.717) is 52.0 Å². The number of hydrogen-bond donors (Lipinski definition) is 4. The van der Waals surface area contributed by atoms with Gasteiger partial charge in [-0.3, -0.25) is 14.4 Å². The Morgan fingerprint density at radius 1 is 0.733 bits per heavy atom. The molecular formula is C19H38N4O7. The Balaban J connectivity index is 3.29. The molecule has 0 saturated heterocycles. The van der Waals surface area contributed by atoms with Gasteiger partial charge < -0.3 is 40.6 Å². The number of primary amides is 1. The lowest BCUT2D eigenvalue weighted by Gasteiger charge is -2.09. The van der Waals surface area contributed by atoms with Gasteiger partial charge in [0.15, 0.2) is 0 Å². The Morgan fingerprint density at radius 3 is 1.83 bits per heavy atom. The normalized spacial score (nSPS) is 10.9. The number of carbonyl (C=O) groups excluding carboxylic acids is 3. The summed E-state index contributed by atoms with van der Waals surface area (Å²) in [5.41, 5.74) is 4.92. The predicted molar refractivity (Wildman–Crippen MR) is 111 cm³/mol. The van der Waals surface area contributed by atoms with Crippen LogP contribution in [-0.4, -0.2) is 96.3 Å². The summed E-state index contributed by atoms with van der Waals surface area (Å²) in [6, 6.07) is 0.427. The molecule has 0 aromatic heterocycles. The lowest BCUT2D eigenvalue weighted by molar-refractivity contribution is -0.127. The fraction of sp³-hybridized carbons (Fsp3) is 0.842. The van der Waals surface area contributed by atoms with Gasteiger partial charge in [0.1, 0.15) is 13.2 Å². The van der Waals surface area contributed by atoms with E-state index in [1.54, 1.807) is 0 Å². The average Bonchev–Trinajstić information content (AvgIpc) is 2.69. The molecule has 0 saturated carbocycles. The van der Waals surface area contributed by atoms with Gasteiger partial charge in [-0.2, -0.15) is 0 Å². The molecule has 11 heteroatoms. The molecule has 0 bridgehead atoms. The van der Waals surface area contributed by atoms with Crippen molar-refractivity contribution < 1.29 is 33.3 Å². The van der Waals surface area contributed by atoms with Gasteiger partial charge in [-0.1, -0.05) is 13.8 Å². The molecule has 0 rings (SSSR count). The van der Waals surface area contributed by atoms with Crippen LogP contribution in [0.3, 0.4) is 0 Å². The van der Waals surface area contributed by atoms with E-state index in [4.69, 9.17) is 24.7 Å². The van der Waals surface area contributed by atoms with Crippen LogP contribution in [0.4, 0.5) is 0 Å². The number of nitrogens with one attached hydrogen (secondary N) is 3. The summed E-state index contributed by atoms with van der Waals surface area (Å²) >= 11 is 0. The van der Waals surface area contributed by atoms with Crippen LogP contribution < -0.4 is 21.7 Å². The first-order valence-electron chi connectivity index (χ1n) is 10.3. The fourth-order valence-electron chi connectivity index (χ4n) is 2.08. The van der Waals surface area contributed by atoms with Gasteiger partial charge in [0, 0.05) is 25.6 Å². The third-order valence-corrected chi connectivity index (χ3v) is 3.49. The SMILES string of the molecule is CC(C)NCCCC(=O)NCCOCCOCC(=O)NCCOCCOCC(N)=O. The van der Waals surface area contributed by atoms with Crippen molar-refractivity contribution in [3.05, 3.63) is 0 Å². The van der Waals surface area contributed by atoms with Gasteiger partial charge in [0.25, 0.3) is 0 Å². The smallest absolute Gasteiger partial charge is 0.246 e. The van der Waals surface area contributed by atoms with E-state index in [-0.39, 0.29) is 38.2 Å². The molecule has 11 nitrogen and oxygen atoms in total. The third kappa shape index (κ3) is 22.5. The van der Waals surface area contributed by atoms with Crippen molar-refractivity contribution in [1.29, 1.82) is 0 Å². The molecule has 0 aliphatic rings. The van der Waals surface area contributed by atoms with Crippen LogP contribution in [0.1, 0.15) is 26.7 Å². The van der Waals surface area contributed by atoms with Gasteiger partial charge in [0.2, 0.25) is 17.7 Å². The van der Waals surface area contributed by atoms with Crippen LogP contribution in [0, 0.1) is 0 Å². The maximum atomic E-state index is 11.6. The van der Waals surface area contributed by atoms with E-state index >= 15 is 0 Å². The summed E-state index contributed by atoms with van der Waals surface area (Å²) in [6.07, 6.45) is 1.30. The van der Waals surface area contributed by atoms with Crippen molar-refractivity contribution in [3.8, 4) is 0 Å². The summed E-state index contributed by atoms with van der Waals surface area (Å²) in [4.78, 5) is 33.6. The summed E-state index contributed by atoms with van der Waals surface area (Å²) < 4.78 is 20.7. The quantitative estimate of drug-likeness (QED) is 0.160. The maximum Gasteiger partial charge on any atom is 0.246 e. The molecule has 5 N–H and O–H groups in total. The lowest BCUT2D eigenvalue weighted by atomic mass is 10.2. The van der Waals surface area contributed by atoms with Gasteiger partial charge >= 0.3 is 0 Å². The number of carbonyl (C=O) groups is 3. The largest absolute Gasteiger partial charge is 0.377 e. The first-order valence-corrected chi connectivity index (χ1v) is 10.3. The van der Waals surface area contributed by atoms with Crippen LogP contribution >= 0.6 is 0 Å². The van der Waals surface area contributed by atoms with Gasteiger partial charge in [-0.25, -0.2) is 0 Å². The van der Waals surface area contributed by atoms with Crippen molar-refractivity contribution >= 4 is 17.7 Å². The predicted octanol–water partition coefficient (Wildman–Crippen LogP) is -1.45. The number of hydrogen-bond acceptors (Lipinski definition) is 8. The van der Waals surface area contributed by atoms with Crippen molar-refractivity contribution in [2.75, 3.05) is 72.5 Å². The molecule has 0 atom stereocenters.